The molecule has 5 nitrogen and oxygen atoms in total. The molecule has 1 amide bonds. The van der Waals surface area contributed by atoms with Crippen LogP contribution in [0.25, 0.3) is 0 Å². The summed E-state index contributed by atoms with van der Waals surface area (Å²) < 4.78 is 38.2. The molecule has 0 spiro atoms. The lowest BCUT2D eigenvalue weighted by atomic mass is 10.1. The van der Waals surface area contributed by atoms with E-state index >= 15 is 0 Å². The number of carbonyl (C=O) groups is 1. The third-order valence-electron chi connectivity index (χ3n) is 3.28. The van der Waals surface area contributed by atoms with E-state index in [1.807, 2.05) is 20.8 Å². The number of likely N-dealkylation sites (N-methyl/N-ethyl adjacent to an activating group) is 1. The lowest BCUT2D eigenvalue weighted by Gasteiger charge is -2.21. The predicted molar refractivity (Wildman–Crippen MR) is 78.7 cm³/mol. The van der Waals surface area contributed by atoms with Crippen LogP contribution in [0.3, 0.4) is 0 Å². The van der Waals surface area contributed by atoms with Crippen LogP contribution in [0.2, 0.25) is 0 Å². The van der Waals surface area contributed by atoms with Crippen molar-refractivity contribution in [2.75, 3.05) is 13.6 Å². The van der Waals surface area contributed by atoms with Gasteiger partial charge in [-0.2, -0.15) is 4.31 Å². The first-order valence-electron chi connectivity index (χ1n) is 6.66. The van der Waals surface area contributed by atoms with Gasteiger partial charge in [-0.25, -0.2) is 12.8 Å². The molecule has 1 aromatic carbocycles. The molecular formula is C14H21FN2O3S. The minimum absolute atomic E-state index is 0.0422. The van der Waals surface area contributed by atoms with Gasteiger partial charge in [0.05, 0.1) is 11.4 Å². The highest BCUT2D eigenvalue weighted by Crippen LogP contribution is 2.14. The average Bonchev–Trinajstić information content (AvgIpc) is 2.38. The predicted octanol–water partition coefficient (Wildman–Crippen LogP) is 1.61. The number of hydrogen-bond donors (Lipinski definition) is 1. The number of halogens is 1. The number of hydrogen-bond acceptors (Lipinski definition) is 3. The Balaban J connectivity index is 2.76. The van der Waals surface area contributed by atoms with E-state index < -0.39 is 15.8 Å². The van der Waals surface area contributed by atoms with Gasteiger partial charge in [0.2, 0.25) is 15.9 Å². The first-order chi connectivity index (χ1) is 9.64. The van der Waals surface area contributed by atoms with Gasteiger partial charge in [-0.05, 0) is 37.1 Å². The van der Waals surface area contributed by atoms with Gasteiger partial charge in [0.1, 0.15) is 5.82 Å². The van der Waals surface area contributed by atoms with Crippen molar-refractivity contribution in [3.8, 4) is 0 Å². The van der Waals surface area contributed by atoms with Crippen molar-refractivity contribution in [2.45, 2.75) is 31.7 Å². The fourth-order valence-corrected chi connectivity index (χ4v) is 2.67. The Morgan fingerprint density at radius 2 is 1.76 bits per heavy atom. The first kappa shape index (κ1) is 17.6. The van der Waals surface area contributed by atoms with Gasteiger partial charge in [0.15, 0.2) is 0 Å². The summed E-state index contributed by atoms with van der Waals surface area (Å²) in [4.78, 5) is 11.8. The fraction of sp³-hybridized carbons (Fsp3) is 0.500. The van der Waals surface area contributed by atoms with Crippen LogP contribution in [0.15, 0.2) is 29.2 Å². The van der Waals surface area contributed by atoms with Gasteiger partial charge >= 0.3 is 0 Å². The maximum Gasteiger partial charge on any atom is 0.243 e. The number of sulfonamides is 1. The van der Waals surface area contributed by atoms with Crippen LogP contribution < -0.4 is 5.32 Å². The quantitative estimate of drug-likeness (QED) is 0.867. The van der Waals surface area contributed by atoms with Crippen molar-refractivity contribution in [1.82, 2.24) is 9.62 Å². The first-order valence-corrected chi connectivity index (χ1v) is 8.10. The van der Waals surface area contributed by atoms with Crippen LogP contribution in [0, 0.1) is 11.7 Å². The number of nitrogens with zero attached hydrogens (tertiary/aromatic N) is 1. The van der Waals surface area contributed by atoms with E-state index in [0.717, 1.165) is 16.4 Å². The molecule has 0 heterocycles. The summed E-state index contributed by atoms with van der Waals surface area (Å²) in [5.41, 5.74) is 0. The Labute approximate surface area is 125 Å². The molecule has 1 rings (SSSR count). The van der Waals surface area contributed by atoms with Crippen LogP contribution in [0.1, 0.15) is 20.8 Å². The van der Waals surface area contributed by atoms with Gasteiger partial charge in [-0.3, -0.25) is 4.79 Å². The number of nitrogens with one attached hydrogen (secondary N) is 1. The molecule has 7 heteroatoms. The summed E-state index contributed by atoms with van der Waals surface area (Å²) in [6.45, 7) is 5.50. The normalized spacial score (nSPS) is 13.5. The highest BCUT2D eigenvalue weighted by Gasteiger charge is 2.23. The second-order valence-corrected chi connectivity index (χ2v) is 7.36. The SMILES string of the molecule is CC(C)C(C)NC(=O)CN(C)S(=O)(=O)c1ccc(F)cc1. The molecule has 0 aliphatic heterocycles. The molecule has 1 N–H and O–H groups in total. The van der Waals surface area contributed by atoms with Crippen molar-refractivity contribution >= 4 is 15.9 Å². The van der Waals surface area contributed by atoms with Crippen LogP contribution in [0.4, 0.5) is 4.39 Å². The van der Waals surface area contributed by atoms with E-state index in [1.54, 1.807) is 0 Å². The second-order valence-electron chi connectivity index (χ2n) is 5.32. The molecule has 21 heavy (non-hydrogen) atoms. The summed E-state index contributed by atoms with van der Waals surface area (Å²) >= 11 is 0. The van der Waals surface area contributed by atoms with Crippen LogP contribution in [0.5, 0.6) is 0 Å². The van der Waals surface area contributed by atoms with Gasteiger partial charge in [0.25, 0.3) is 0 Å². The fourth-order valence-electron chi connectivity index (χ4n) is 1.54. The van der Waals surface area contributed by atoms with Crippen molar-refractivity contribution in [2.24, 2.45) is 5.92 Å². The second kappa shape index (κ2) is 7.00. The third-order valence-corrected chi connectivity index (χ3v) is 5.09. The standard InChI is InChI=1S/C14H21FN2O3S/c1-10(2)11(3)16-14(18)9-17(4)21(19,20)13-7-5-12(15)6-8-13/h5-8,10-11H,9H2,1-4H3,(H,16,18). The Bertz CT molecular complexity index is 585. The van der Waals surface area contributed by atoms with E-state index in [0.29, 0.717) is 0 Å². The van der Waals surface area contributed by atoms with Crippen molar-refractivity contribution in [3.05, 3.63) is 30.1 Å². The van der Waals surface area contributed by atoms with Crippen molar-refractivity contribution in [3.63, 3.8) is 0 Å². The number of benzene rings is 1. The summed E-state index contributed by atoms with van der Waals surface area (Å²) in [6.07, 6.45) is 0. The lowest BCUT2D eigenvalue weighted by Crippen LogP contribution is -2.43. The summed E-state index contributed by atoms with van der Waals surface area (Å²) in [5, 5.41) is 2.74. The van der Waals surface area contributed by atoms with E-state index in [2.05, 4.69) is 5.32 Å². The van der Waals surface area contributed by atoms with E-state index in [9.17, 15) is 17.6 Å². The smallest absolute Gasteiger partial charge is 0.243 e. The van der Waals surface area contributed by atoms with Gasteiger partial charge in [0, 0.05) is 13.1 Å². The highest BCUT2D eigenvalue weighted by molar-refractivity contribution is 7.89. The zero-order chi connectivity index (χ0) is 16.2. The molecule has 0 aliphatic rings. The largest absolute Gasteiger partial charge is 0.352 e. The molecule has 0 fully saturated rings. The maximum absolute atomic E-state index is 12.8. The molecule has 0 aliphatic carbocycles. The summed E-state index contributed by atoms with van der Waals surface area (Å²) in [7, 11) is -2.48. The van der Waals surface area contributed by atoms with Gasteiger partial charge in [-0.1, -0.05) is 13.8 Å². The zero-order valence-electron chi connectivity index (χ0n) is 12.6. The molecule has 0 saturated carbocycles. The molecule has 0 radical (unpaired) electrons. The molecule has 0 saturated heterocycles. The third kappa shape index (κ3) is 4.78. The lowest BCUT2D eigenvalue weighted by molar-refractivity contribution is -0.122. The molecule has 1 aromatic rings. The Morgan fingerprint density at radius 3 is 2.24 bits per heavy atom. The van der Waals surface area contributed by atoms with Crippen LogP contribution >= 0.6 is 0 Å². The van der Waals surface area contributed by atoms with Crippen LogP contribution in [-0.4, -0.2) is 38.3 Å². The van der Waals surface area contributed by atoms with Gasteiger partial charge < -0.3 is 5.32 Å². The molecule has 118 valence electrons. The average molecular weight is 316 g/mol. The minimum Gasteiger partial charge on any atom is -0.352 e. The highest BCUT2D eigenvalue weighted by atomic mass is 32.2. The number of carbonyl (C=O) groups excluding carboxylic acids is 1. The molecule has 1 atom stereocenters. The number of amides is 1. The van der Waals surface area contributed by atoms with Crippen molar-refractivity contribution < 1.29 is 17.6 Å². The van der Waals surface area contributed by atoms with Crippen molar-refractivity contribution in [1.29, 1.82) is 0 Å². The monoisotopic (exact) mass is 316 g/mol. The van der Waals surface area contributed by atoms with E-state index in [1.165, 1.54) is 19.2 Å². The minimum atomic E-state index is -3.80. The van der Waals surface area contributed by atoms with Crippen LogP contribution in [-0.2, 0) is 14.8 Å². The topological polar surface area (TPSA) is 66.5 Å². The van der Waals surface area contributed by atoms with E-state index in [4.69, 9.17) is 0 Å². The van der Waals surface area contributed by atoms with E-state index in [-0.39, 0.29) is 29.3 Å². The van der Waals surface area contributed by atoms with Gasteiger partial charge in [-0.15, -0.1) is 0 Å². The molecular weight excluding hydrogens is 295 g/mol. The number of rotatable bonds is 6. The Hall–Kier alpha value is -1.47. The molecule has 0 aromatic heterocycles. The zero-order valence-corrected chi connectivity index (χ0v) is 13.4. The molecule has 0 bridgehead atoms. The molecule has 1 unspecified atom stereocenters. The maximum atomic E-state index is 12.8. The Kier molecular flexibility index (Phi) is 5.86. The summed E-state index contributed by atoms with van der Waals surface area (Å²) in [5.74, 6) is -0.627. The summed E-state index contributed by atoms with van der Waals surface area (Å²) in [6, 6.07) is 4.45. The Morgan fingerprint density at radius 1 is 1.24 bits per heavy atom.